The summed E-state index contributed by atoms with van der Waals surface area (Å²) in [5.41, 5.74) is 0.631. The van der Waals surface area contributed by atoms with Gasteiger partial charge in [-0.2, -0.15) is 0 Å². The molecule has 1 aliphatic heterocycles. The van der Waals surface area contributed by atoms with Crippen molar-refractivity contribution < 1.29 is 14.3 Å². The van der Waals surface area contributed by atoms with Crippen molar-refractivity contribution in [3.05, 3.63) is 30.3 Å². The number of hydrogen-bond donors (Lipinski definition) is 1. The molecule has 2 unspecified atom stereocenters. The Labute approximate surface area is 118 Å². The van der Waals surface area contributed by atoms with Gasteiger partial charge in [0, 0.05) is 13.2 Å². The Morgan fingerprint density at radius 3 is 2.65 bits per heavy atom. The number of benzene rings is 1. The van der Waals surface area contributed by atoms with Crippen LogP contribution in [0.1, 0.15) is 19.8 Å². The topological polar surface area (TPSA) is 58.6 Å². The van der Waals surface area contributed by atoms with Gasteiger partial charge in [0.1, 0.15) is 0 Å². The monoisotopic (exact) mass is 276 g/mol. The Morgan fingerprint density at radius 1 is 1.35 bits per heavy atom. The number of ether oxygens (including phenoxy) is 1. The van der Waals surface area contributed by atoms with E-state index in [1.165, 1.54) is 4.90 Å². The van der Waals surface area contributed by atoms with Crippen molar-refractivity contribution in [2.24, 2.45) is 0 Å². The SMILES string of the molecule is CCC(COC)NC1CC(=O)N(c2ccccc2)C1=O. The highest BCUT2D eigenvalue weighted by Gasteiger charge is 2.40. The molecule has 2 atom stereocenters. The molecule has 1 aliphatic rings. The largest absolute Gasteiger partial charge is 0.383 e. The quantitative estimate of drug-likeness (QED) is 0.796. The first-order valence-electron chi connectivity index (χ1n) is 6.84. The van der Waals surface area contributed by atoms with Crippen molar-refractivity contribution in [3.63, 3.8) is 0 Å². The van der Waals surface area contributed by atoms with Gasteiger partial charge in [-0.15, -0.1) is 0 Å². The first kappa shape index (κ1) is 14.7. The van der Waals surface area contributed by atoms with Crippen molar-refractivity contribution >= 4 is 17.5 Å². The van der Waals surface area contributed by atoms with E-state index in [-0.39, 0.29) is 24.3 Å². The van der Waals surface area contributed by atoms with Gasteiger partial charge in [0.2, 0.25) is 5.91 Å². The molecule has 1 aromatic carbocycles. The molecule has 1 fully saturated rings. The maximum Gasteiger partial charge on any atom is 0.251 e. The molecule has 1 saturated heterocycles. The fourth-order valence-corrected chi connectivity index (χ4v) is 2.38. The standard InChI is InChI=1S/C15H20N2O3/c1-3-11(10-20-2)16-13-9-14(18)17(15(13)19)12-7-5-4-6-8-12/h4-8,11,13,16H,3,9-10H2,1-2H3. The predicted octanol–water partition coefficient (Wildman–Crippen LogP) is 1.33. The third-order valence-electron chi connectivity index (χ3n) is 3.46. The van der Waals surface area contributed by atoms with Gasteiger partial charge in [-0.3, -0.25) is 9.59 Å². The Hall–Kier alpha value is -1.72. The molecular formula is C15H20N2O3. The zero-order chi connectivity index (χ0) is 14.5. The van der Waals surface area contributed by atoms with Gasteiger partial charge in [0.15, 0.2) is 0 Å². The first-order chi connectivity index (χ1) is 9.67. The summed E-state index contributed by atoms with van der Waals surface area (Å²) in [5.74, 6) is -0.346. The van der Waals surface area contributed by atoms with Gasteiger partial charge in [-0.25, -0.2) is 4.90 Å². The Bertz CT molecular complexity index is 475. The molecule has 1 heterocycles. The van der Waals surface area contributed by atoms with Crippen LogP contribution in [-0.2, 0) is 14.3 Å². The van der Waals surface area contributed by atoms with E-state index in [1.807, 2.05) is 25.1 Å². The minimum absolute atomic E-state index is 0.0810. The molecule has 5 nitrogen and oxygen atoms in total. The highest BCUT2D eigenvalue weighted by atomic mass is 16.5. The third-order valence-corrected chi connectivity index (χ3v) is 3.46. The van der Waals surface area contributed by atoms with Gasteiger partial charge in [-0.05, 0) is 18.6 Å². The zero-order valence-electron chi connectivity index (χ0n) is 11.8. The van der Waals surface area contributed by atoms with Gasteiger partial charge in [0.25, 0.3) is 5.91 Å². The molecule has 0 spiro atoms. The molecule has 1 N–H and O–H groups in total. The average Bonchev–Trinajstić information content (AvgIpc) is 2.74. The highest BCUT2D eigenvalue weighted by molar-refractivity contribution is 6.22. The average molecular weight is 276 g/mol. The zero-order valence-corrected chi connectivity index (χ0v) is 11.8. The van der Waals surface area contributed by atoms with Crippen molar-refractivity contribution in [1.82, 2.24) is 5.32 Å². The Morgan fingerprint density at radius 2 is 2.05 bits per heavy atom. The highest BCUT2D eigenvalue weighted by Crippen LogP contribution is 2.22. The number of nitrogens with zero attached hydrogens (tertiary/aromatic N) is 1. The van der Waals surface area contributed by atoms with Gasteiger partial charge in [0.05, 0.1) is 24.8 Å². The van der Waals surface area contributed by atoms with Crippen molar-refractivity contribution in [2.45, 2.75) is 31.8 Å². The Balaban J connectivity index is 2.09. The van der Waals surface area contributed by atoms with E-state index in [2.05, 4.69) is 5.32 Å². The van der Waals surface area contributed by atoms with E-state index < -0.39 is 6.04 Å². The van der Waals surface area contributed by atoms with Crippen LogP contribution in [0.15, 0.2) is 30.3 Å². The number of carbonyl (C=O) groups excluding carboxylic acids is 2. The molecule has 5 heteroatoms. The van der Waals surface area contributed by atoms with E-state index in [0.717, 1.165) is 6.42 Å². The molecule has 2 rings (SSSR count). The number of rotatable bonds is 6. The minimum atomic E-state index is -0.456. The maximum absolute atomic E-state index is 12.4. The number of imide groups is 1. The van der Waals surface area contributed by atoms with Crippen LogP contribution in [0.25, 0.3) is 0 Å². The molecular weight excluding hydrogens is 256 g/mol. The fourth-order valence-electron chi connectivity index (χ4n) is 2.38. The number of anilines is 1. The molecule has 0 bridgehead atoms. The Kier molecular flexibility index (Phi) is 4.87. The summed E-state index contributed by atoms with van der Waals surface area (Å²) in [5, 5.41) is 3.21. The van der Waals surface area contributed by atoms with Crippen LogP contribution in [-0.4, -0.2) is 37.6 Å². The lowest BCUT2D eigenvalue weighted by Gasteiger charge is -2.20. The second-order valence-electron chi connectivity index (χ2n) is 4.89. The fraction of sp³-hybridized carbons (Fsp3) is 0.467. The summed E-state index contributed by atoms with van der Waals surface area (Å²) >= 11 is 0. The molecule has 20 heavy (non-hydrogen) atoms. The van der Waals surface area contributed by atoms with Crippen molar-refractivity contribution in [2.75, 3.05) is 18.6 Å². The van der Waals surface area contributed by atoms with Crippen molar-refractivity contribution in [1.29, 1.82) is 0 Å². The summed E-state index contributed by atoms with van der Waals surface area (Å²) in [6.07, 6.45) is 1.05. The lowest BCUT2D eigenvalue weighted by atomic mass is 10.1. The van der Waals surface area contributed by atoms with Crippen LogP contribution in [0.5, 0.6) is 0 Å². The smallest absolute Gasteiger partial charge is 0.251 e. The number of para-hydroxylation sites is 1. The van der Waals surface area contributed by atoms with Crippen LogP contribution in [0.3, 0.4) is 0 Å². The van der Waals surface area contributed by atoms with Crippen LogP contribution < -0.4 is 10.2 Å². The van der Waals surface area contributed by atoms with Gasteiger partial charge < -0.3 is 10.1 Å². The number of carbonyl (C=O) groups is 2. The number of methoxy groups -OCH3 is 1. The van der Waals surface area contributed by atoms with Crippen molar-refractivity contribution in [3.8, 4) is 0 Å². The number of nitrogens with one attached hydrogen (secondary N) is 1. The van der Waals surface area contributed by atoms with E-state index >= 15 is 0 Å². The summed E-state index contributed by atoms with van der Waals surface area (Å²) in [7, 11) is 1.63. The summed E-state index contributed by atoms with van der Waals surface area (Å²) in [6, 6.07) is 8.65. The second-order valence-corrected chi connectivity index (χ2v) is 4.89. The molecule has 1 aromatic rings. The predicted molar refractivity (Wildman–Crippen MR) is 76.4 cm³/mol. The molecule has 0 radical (unpaired) electrons. The second kappa shape index (κ2) is 6.63. The minimum Gasteiger partial charge on any atom is -0.383 e. The lowest BCUT2D eigenvalue weighted by Crippen LogP contribution is -2.45. The van der Waals surface area contributed by atoms with E-state index in [0.29, 0.717) is 12.3 Å². The number of amides is 2. The summed E-state index contributed by atoms with van der Waals surface area (Å²) in [6.45, 7) is 2.55. The molecule has 0 aromatic heterocycles. The third kappa shape index (κ3) is 3.05. The van der Waals surface area contributed by atoms with Crippen LogP contribution in [0.4, 0.5) is 5.69 Å². The molecule has 2 amide bonds. The van der Waals surface area contributed by atoms with E-state index in [4.69, 9.17) is 4.74 Å². The maximum atomic E-state index is 12.4. The van der Waals surface area contributed by atoms with Gasteiger partial charge in [-0.1, -0.05) is 25.1 Å². The summed E-state index contributed by atoms with van der Waals surface area (Å²) < 4.78 is 5.11. The summed E-state index contributed by atoms with van der Waals surface area (Å²) in [4.78, 5) is 25.7. The molecule has 0 saturated carbocycles. The first-order valence-corrected chi connectivity index (χ1v) is 6.84. The number of hydrogen-bond acceptors (Lipinski definition) is 4. The normalized spacial score (nSPS) is 20.5. The van der Waals surface area contributed by atoms with E-state index in [9.17, 15) is 9.59 Å². The van der Waals surface area contributed by atoms with Crippen LogP contribution in [0, 0.1) is 0 Å². The lowest BCUT2D eigenvalue weighted by molar-refractivity contribution is -0.121. The molecule has 108 valence electrons. The van der Waals surface area contributed by atoms with Crippen LogP contribution >= 0.6 is 0 Å². The molecule has 0 aliphatic carbocycles. The van der Waals surface area contributed by atoms with Crippen LogP contribution in [0.2, 0.25) is 0 Å². The van der Waals surface area contributed by atoms with E-state index in [1.54, 1.807) is 19.2 Å². The van der Waals surface area contributed by atoms with Gasteiger partial charge >= 0.3 is 0 Å².